The summed E-state index contributed by atoms with van der Waals surface area (Å²) in [6.45, 7) is 0.838. The first-order valence-electron chi connectivity index (χ1n) is 8.65. The quantitative estimate of drug-likeness (QED) is 0.573. The van der Waals surface area contributed by atoms with Crippen molar-refractivity contribution in [2.45, 2.75) is 25.3 Å². The second-order valence-corrected chi connectivity index (χ2v) is 6.80. The van der Waals surface area contributed by atoms with Crippen molar-refractivity contribution in [1.29, 1.82) is 0 Å². The molecule has 0 N–H and O–H groups in total. The molecule has 0 saturated heterocycles. The molecule has 25 heavy (non-hydrogen) atoms. The van der Waals surface area contributed by atoms with Crippen LogP contribution in [0.1, 0.15) is 30.0 Å². The van der Waals surface area contributed by atoms with Gasteiger partial charge in [-0.15, -0.1) is 0 Å². The van der Waals surface area contributed by atoms with Crippen LogP contribution in [0.25, 0.3) is 22.3 Å². The minimum Gasteiger partial charge on any atom is -0.334 e. The van der Waals surface area contributed by atoms with Crippen LogP contribution in [0.4, 0.5) is 0 Å². The molecule has 0 atom stereocenters. The Balaban J connectivity index is 1.55. The molecule has 1 saturated carbocycles. The minimum absolute atomic E-state index is 0.631. The second kappa shape index (κ2) is 5.55. The average Bonchev–Trinajstić information content (AvgIpc) is 3.31. The van der Waals surface area contributed by atoms with Gasteiger partial charge in [-0.25, -0.2) is 9.97 Å². The average molecular weight is 329 g/mol. The molecule has 1 aliphatic carbocycles. The largest absolute Gasteiger partial charge is 0.334 e. The van der Waals surface area contributed by atoms with Crippen molar-refractivity contribution in [2.75, 3.05) is 0 Å². The van der Waals surface area contributed by atoms with Crippen molar-refractivity contribution in [3.63, 3.8) is 0 Å². The van der Waals surface area contributed by atoms with E-state index in [9.17, 15) is 0 Å². The third-order valence-electron chi connectivity index (χ3n) is 4.94. The van der Waals surface area contributed by atoms with Crippen molar-refractivity contribution in [2.24, 2.45) is 7.05 Å². The summed E-state index contributed by atoms with van der Waals surface area (Å²) in [5.41, 5.74) is 7.09. The first kappa shape index (κ1) is 14.4. The minimum atomic E-state index is 0.631. The second-order valence-electron chi connectivity index (χ2n) is 6.80. The fraction of sp³-hybridized carbons (Fsp3) is 0.250. The van der Waals surface area contributed by atoms with E-state index in [0.29, 0.717) is 5.92 Å². The number of hydrogen-bond acceptors (Lipinski definition) is 3. The van der Waals surface area contributed by atoms with Gasteiger partial charge in [0.1, 0.15) is 0 Å². The zero-order valence-electron chi connectivity index (χ0n) is 14.1. The molecule has 3 aromatic heterocycles. The molecule has 5 nitrogen and oxygen atoms in total. The lowest BCUT2D eigenvalue weighted by Gasteiger charge is -2.10. The highest BCUT2D eigenvalue weighted by atomic mass is 15.1. The Morgan fingerprint density at radius 1 is 1.04 bits per heavy atom. The Bertz CT molecular complexity index is 1040. The number of hydrogen-bond donors (Lipinski definition) is 0. The summed E-state index contributed by atoms with van der Waals surface area (Å²) in [4.78, 5) is 13.3. The van der Waals surface area contributed by atoms with Gasteiger partial charge >= 0.3 is 0 Å². The van der Waals surface area contributed by atoms with Crippen LogP contribution in [0, 0.1) is 0 Å². The number of pyridine rings is 1. The number of fused-ring (bicyclic) bond motifs is 1. The smallest absolute Gasteiger partial charge is 0.0959 e. The molecule has 4 aromatic rings. The molecule has 5 rings (SSSR count). The van der Waals surface area contributed by atoms with Crippen molar-refractivity contribution in [1.82, 2.24) is 24.1 Å². The van der Waals surface area contributed by atoms with E-state index in [1.807, 2.05) is 44.2 Å². The van der Waals surface area contributed by atoms with E-state index in [4.69, 9.17) is 4.98 Å². The highest BCUT2D eigenvalue weighted by Gasteiger charge is 2.30. The van der Waals surface area contributed by atoms with E-state index in [2.05, 4.69) is 37.3 Å². The van der Waals surface area contributed by atoms with Gasteiger partial charge in [-0.2, -0.15) is 0 Å². The van der Waals surface area contributed by atoms with Gasteiger partial charge in [-0.3, -0.25) is 4.98 Å². The number of benzene rings is 1. The van der Waals surface area contributed by atoms with Crippen molar-refractivity contribution < 1.29 is 0 Å². The molecule has 3 heterocycles. The number of nitrogens with zero attached hydrogens (tertiary/aromatic N) is 5. The standard InChI is InChI=1S/C20H19N5/c1-24-12-22-17-5-2-14(10-18(17)24)11-25-13-23-19(20(25)16-3-4-16)15-6-8-21-9-7-15/h2,5-10,12-13,16H,3-4,11H2,1H3. The van der Waals surface area contributed by atoms with E-state index in [1.54, 1.807) is 0 Å². The third-order valence-corrected chi connectivity index (χ3v) is 4.94. The number of imidazole rings is 2. The lowest BCUT2D eigenvalue weighted by molar-refractivity contribution is 0.743. The lowest BCUT2D eigenvalue weighted by atomic mass is 10.1. The van der Waals surface area contributed by atoms with Crippen LogP contribution in [0.15, 0.2) is 55.4 Å². The number of rotatable bonds is 4. The summed E-state index contributed by atoms with van der Waals surface area (Å²) >= 11 is 0. The summed E-state index contributed by atoms with van der Waals surface area (Å²) in [6.07, 6.45) is 10.0. The van der Waals surface area contributed by atoms with Crippen LogP contribution in [0.3, 0.4) is 0 Å². The van der Waals surface area contributed by atoms with Crippen LogP contribution in [0.5, 0.6) is 0 Å². The fourth-order valence-corrected chi connectivity index (χ4v) is 3.50. The zero-order valence-corrected chi connectivity index (χ0v) is 14.1. The highest BCUT2D eigenvalue weighted by Crippen LogP contribution is 2.44. The Morgan fingerprint density at radius 2 is 1.88 bits per heavy atom. The lowest BCUT2D eigenvalue weighted by Crippen LogP contribution is -2.03. The summed E-state index contributed by atoms with van der Waals surface area (Å²) < 4.78 is 4.38. The third kappa shape index (κ3) is 2.52. The first-order valence-corrected chi connectivity index (χ1v) is 8.65. The van der Waals surface area contributed by atoms with Crippen molar-refractivity contribution in [3.05, 3.63) is 66.6 Å². The summed E-state index contributed by atoms with van der Waals surface area (Å²) in [5, 5.41) is 0. The van der Waals surface area contributed by atoms with Crippen LogP contribution in [0.2, 0.25) is 0 Å². The molecule has 0 bridgehead atoms. The van der Waals surface area contributed by atoms with Gasteiger partial charge in [-0.05, 0) is 42.7 Å². The Labute approximate surface area is 146 Å². The van der Waals surface area contributed by atoms with Crippen LogP contribution in [-0.2, 0) is 13.6 Å². The SMILES string of the molecule is Cn1cnc2ccc(Cn3cnc(-c4ccncc4)c3C3CC3)cc21. The summed E-state index contributed by atoms with van der Waals surface area (Å²) in [6, 6.07) is 10.6. The van der Waals surface area contributed by atoms with Gasteiger partial charge in [0.25, 0.3) is 0 Å². The molecule has 0 unspecified atom stereocenters. The Kier molecular flexibility index (Phi) is 3.20. The Morgan fingerprint density at radius 3 is 2.68 bits per heavy atom. The van der Waals surface area contributed by atoms with Crippen molar-refractivity contribution in [3.8, 4) is 11.3 Å². The molecular weight excluding hydrogens is 310 g/mol. The molecular formula is C20H19N5. The molecule has 124 valence electrons. The van der Waals surface area contributed by atoms with Crippen LogP contribution in [-0.4, -0.2) is 24.1 Å². The maximum Gasteiger partial charge on any atom is 0.0959 e. The van der Waals surface area contributed by atoms with E-state index in [1.165, 1.54) is 29.6 Å². The monoisotopic (exact) mass is 329 g/mol. The van der Waals surface area contributed by atoms with Gasteiger partial charge in [0.05, 0.1) is 29.4 Å². The highest BCUT2D eigenvalue weighted by molar-refractivity contribution is 5.76. The van der Waals surface area contributed by atoms with E-state index in [-0.39, 0.29) is 0 Å². The summed E-state index contributed by atoms with van der Waals surface area (Å²) in [7, 11) is 2.04. The van der Waals surface area contributed by atoms with Gasteiger partial charge in [0, 0.05) is 43.2 Å². The predicted octanol–water partition coefficient (Wildman–Crippen LogP) is 3.76. The fourth-order valence-electron chi connectivity index (χ4n) is 3.50. The van der Waals surface area contributed by atoms with E-state index >= 15 is 0 Å². The van der Waals surface area contributed by atoms with E-state index < -0.39 is 0 Å². The first-order chi connectivity index (χ1) is 12.3. The summed E-state index contributed by atoms with van der Waals surface area (Å²) in [5.74, 6) is 0.631. The molecule has 1 fully saturated rings. The van der Waals surface area contributed by atoms with Crippen molar-refractivity contribution >= 4 is 11.0 Å². The topological polar surface area (TPSA) is 48.5 Å². The maximum absolute atomic E-state index is 4.73. The Hall–Kier alpha value is -2.95. The predicted molar refractivity (Wildman–Crippen MR) is 97.2 cm³/mol. The maximum atomic E-state index is 4.73. The van der Waals surface area contributed by atoms with E-state index in [0.717, 1.165) is 23.3 Å². The molecule has 1 aliphatic rings. The molecule has 1 aromatic carbocycles. The molecule has 0 radical (unpaired) electrons. The zero-order chi connectivity index (χ0) is 16.8. The number of aromatic nitrogens is 5. The number of aryl methyl sites for hydroxylation is 1. The van der Waals surface area contributed by atoms with Crippen LogP contribution >= 0.6 is 0 Å². The molecule has 0 aliphatic heterocycles. The molecule has 0 amide bonds. The van der Waals surface area contributed by atoms with Crippen LogP contribution < -0.4 is 0 Å². The molecule has 5 heteroatoms. The van der Waals surface area contributed by atoms with Gasteiger partial charge in [0.2, 0.25) is 0 Å². The molecule has 0 spiro atoms. The van der Waals surface area contributed by atoms with Gasteiger partial charge in [0.15, 0.2) is 0 Å². The van der Waals surface area contributed by atoms with Gasteiger partial charge < -0.3 is 9.13 Å². The normalized spacial score (nSPS) is 14.3. The van der Waals surface area contributed by atoms with Gasteiger partial charge in [-0.1, -0.05) is 6.07 Å².